The number of hydrogen-bond acceptors (Lipinski definition) is 4. The molecule has 4 nitrogen and oxygen atoms in total. The first-order valence-corrected chi connectivity index (χ1v) is 15.5. The highest BCUT2D eigenvalue weighted by atomic mass is 32.1. The van der Waals surface area contributed by atoms with Gasteiger partial charge in [0.05, 0.1) is 22.2 Å². The Labute approximate surface area is 255 Å². The summed E-state index contributed by atoms with van der Waals surface area (Å²) >= 11 is 1.83. The predicted molar refractivity (Wildman–Crippen MR) is 185 cm³/mol. The second kappa shape index (κ2) is 8.93. The summed E-state index contributed by atoms with van der Waals surface area (Å²) < 4.78 is 4.79. The minimum absolute atomic E-state index is 0.669. The van der Waals surface area contributed by atoms with Gasteiger partial charge in [0, 0.05) is 59.7 Å². The molecule has 10 rings (SSSR count). The number of fused-ring (bicyclic) bond motifs is 13. The average Bonchev–Trinajstić information content (AvgIpc) is 3.65. The van der Waals surface area contributed by atoms with Crippen molar-refractivity contribution in [2.45, 2.75) is 0 Å². The fraction of sp³-hybridized carbons (Fsp3) is 0. The summed E-state index contributed by atoms with van der Waals surface area (Å²) in [5, 5.41) is 10.6. The van der Waals surface area contributed by atoms with Gasteiger partial charge >= 0.3 is 0 Å². The predicted octanol–water partition coefficient (Wildman–Crippen LogP) is 10.5. The summed E-state index contributed by atoms with van der Waals surface area (Å²) in [6.45, 7) is 0. The summed E-state index contributed by atoms with van der Waals surface area (Å²) in [6.07, 6.45) is 3.92. The molecule has 0 radical (unpaired) electrons. The Hall–Kier alpha value is -5.65. The van der Waals surface area contributed by atoms with Crippen molar-refractivity contribution >= 4 is 85.8 Å². The molecule has 0 saturated heterocycles. The Morgan fingerprint density at radius 2 is 1.32 bits per heavy atom. The Balaban J connectivity index is 1.46. The number of benzene rings is 6. The third-order valence-corrected chi connectivity index (χ3v) is 10.1. The molecule has 0 amide bonds. The molecule has 0 saturated carbocycles. The smallest absolute Gasteiger partial charge is 0.235 e. The lowest BCUT2D eigenvalue weighted by Crippen LogP contribution is -2.04. The topological polar surface area (TPSA) is 43.6 Å². The van der Waals surface area contributed by atoms with Gasteiger partial charge in [-0.2, -0.15) is 0 Å². The number of aromatic nitrogens is 4. The molecule has 0 bridgehead atoms. The van der Waals surface area contributed by atoms with Gasteiger partial charge in [-0.15, -0.1) is 11.3 Å². The molecule has 4 heterocycles. The van der Waals surface area contributed by atoms with Crippen molar-refractivity contribution in [3.8, 4) is 17.2 Å². The van der Waals surface area contributed by atoms with Crippen molar-refractivity contribution in [2.24, 2.45) is 0 Å². The zero-order chi connectivity index (χ0) is 28.8. The van der Waals surface area contributed by atoms with E-state index in [0.29, 0.717) is 5.95 Å². The van der Waals surface area contributed by atoms with Gasteiger partial charge in [0.15, 0.2) is 0 Å². The van der Waals surface area contributed by atoms with Gasteiger partial charge in [-0.05, 0) is 40.4 Å². The monoisotopic (exact) mass is 578 g/mol. The quantitative estimate of drug-likeness (QED) is 0.192. The fourth-order valence-electron chi connectivity index (χ4n) is 7.02. The Bertz CT molecular complexity index is 2780. The lowest BCUT2D eigenvalue weighted by Gasteiger charge is -2.14. The molecule has 0 spiro atoms. The molecule has 0 unspecified atom stereocenters. The molecule has 5 heteroatoms. The van der Waals surface area contributed by atoms with Crippen LogP contribution in [0.15, 0.2) is 134 Å². The SMILES string of the molecule is c1ccc(-c2nc(-n3c4ccccc4c4c5ccncc5c5sc6ccccc6c5c43)nc3ccc4ccccc4c23)cc1. The maximum atomic E-state index is 5.46. The third kappa shape index (κ3) is 3.19. The lowest BCUT2D eigenvalue weighted by molar-refractivity contribution is 1.02. The molecule has 0 N–H and O–H groups in total. The van der Waals surface area contributed by atoms with Crippen LogP contribution in [-0.2, 0) is 0 Å². The molecule has 6 aromatic carbocycles. The van der Waals surface area contributed by atoms with Crippen LogP contribution in [-0.4, -0.2) is 19.5 Å². The minimum Gasteiger partial charge on any atom is -0.277 e. The number of pyridine rings is 1. The van der Waals surface area contributed by atoms with Crippen molar-refractivity contribution in [3.05, 3.63) is 134 Å². The van der Waals surface area contributed by atoms with E-state index in [1.807, 2.05) is 23.7 Å². The molecule has 0 atom stereocenters. The number of rotatable bonds is 2. The number of thiophene rings is 1. The molecule has 44 heavy (non-hydrogen) atoms. The Morgan fingerprint density at radius 1 is 0.545 bits per heavy atom. The first kappa shape index (κ1) is 23.9. The van der Waals surface area contributed by atoms with Gasteiger partial charge in [0.25, 0.3) is 0 Å². The maximum Gasteiger partial charge on any atom is 0.235 e. The van der Waals surface area contributed by atoms with Crippen LogP contribution < -0.4 is 0 Å². The molecule has 0 fully saturated rings. The van der Waals surface area contributed by atoms with E-state index in [-0.39, 0.29) is 0 Å². The van der Waals surface area contributed by atoms with Crippen LogP contribution in [0.2, 0.25) is 0 Å². The standard InChI is InChI=1S/C39H22N4S/c1-2-11-24(12-3-1)36-34-25-13-5-4-10-23(25)18-19-30(34)41-39(42-36)43-31-16-8-6-14-27(31)33-26-20-21-40-22-29(26)38-35(37(33)43)28-15-7-9-17-32(28)44-38/h1-22H. The van der Waals surface area contributed by atoms with E-state index in [1.54, 1.807) is 0 Å². The molecule has 0 aliphatic rings. The molecule has 0 aliphatic carbocycles. The highest BCUT2D eigenvalue weighted by molar-refractivity contribution is 7.27. The van der Waals surface area contributed by atoms with Crippen molar-refractivity contribution in [2.75, 3.05) is 0 Å². The van der Waals surface area contributed by atoms with Crippen molar-refractivity contribution in [3.63, 3.8) is 0 Å². The molecular formula is C39H22N4S. The Morgan fingerprint density at radius 3 is 2.23 bits per heavy atom. The second-order valence-corrected chi connectivity index (χ2v) is 12.3. The molecular weight excluding hydrogens is 557 g/mol. The average molecular weight is 579 g/mol. The minimum atomic E-state index is 0.669. The van der Waals surface area contributed by atoms with Crippen LogP contribution >= 0.6 is 11.3 Å². The zero-order valence-corrected chi connectivity index (χ0v) is 24.2. The van der Waals surface area contributed by atoms with Gasteiger partial charge < -0.3 is 0 Å². The van der Waals surface area contributed by atoms with Crippen LogP contribution in [0.3, 0.4) is 0 Å². The largest absolute Gasteiger partial charge is 0.277 e. The van der Waals surface area contributed by atoms with Crippen molar-refractivity contribution < 1.29 is 0 Å². The van der Waals surface area contributed by atoms with E-state index in [1.165, 1.54) is 47.1 Å². The normalized spacial score (nSPS) is 12.1. The third-order valence-electron chi connectivity index (χ3n) is 8.87. The van der Waals surface area contributed by atoms with E-state index >= 15 is 0 Å². The van der Waals surface area contributed by atoms with Crippen LogP contribution in [0.4, 0.5) is 0 Å². The summed E-state index contributed by atoms with van der Waals surface area (Å²) in [6, 6.07) is 42.8. The van der Waals surface area contributed by atoms with E-state index < -0.39 is 0 Å². The van der Waals surface area contributed by atoms with Gasteiger partial charge in [-0.25, -0.2) is 9.97 Å². The van der Waals surface area contributed by atoms with Crippen LogP contribution in [0, 0.1) is 0 Å². The summed E-state index contributed by atoms with van der Waals surface area (Å²) in [4.78, 5) is 15.4. The van der Waals surface area contributed by atoms with Crippen LogP contribution in [0.25, 0.3) is 91.6 Å². The van der Waals surface area contributed by atoms with Crippen molar-refractivity contribution in [1.29, 1.82) is 0 Å². The number of hydrogen-bond donors (Lipinski definition) is 0. The van der Waals surface area contributed by atoms with E-state index in [2.05, 4.69) is 131 Å². The summed E-state index contributed by atoms with van der Waals surface area (Å²) in [5.41, 5.74) is 5.15. The number of nitrogens with zero attached hydrogens (tertiary/aromatic N) is 4. The van der Waals surface area contributed by atoms with Crippen molar-refractivity contribution in [1.82, 2.24) is 19.5 Å². The summed E-state index contributed by atoms with van der Waals surface area (Å²) in [7, 11) is 0. The van der Waals surface area contributed by atoms with Gasteiger partial charge in [-0.3, -0.25) is 9.55 Å². The Kier molecular flexibility index (Phi) is 4.84. The van der Waals surface area contributed by atoms with Gasteiger partial charge in [0.2, 0.25) is 5.95 Å². The van der Waals surface area contributed by atoms with E-state index in [4.69, 9.17) is 9.97 Å². The first-order valence-electron chi connectivity index (χ1n) is 14.7. The van der Waals surface area contributed by atoms with E-state index in [0.717, 1.165) is 38.6 Å². The summed E-state index contributed by atoms with van der Waals surface area (Å²) in [5.74, 6) is 0.669. The highest BCUT2D eigenvalue weighted by Gasteiger charge is 2.24. The molecule has 204 valence electrons. The molecule has 0 aliphatic heterocycles. The highest BCUT2D eigenvalue weighted by Crippen LogP contribution is 2.47. The fourth-order valence-corrected chi connectivity index (χ4v) is 8.24. The van der Waals surface area contributed by atoms with E-state index in [9.17, 15) is 0 Å². The number of para-hydroxylation sites is 1. The van der Waals surface area contributed by atoms with Gasteiger partial charge in [-0.1, -0.05) is 97.1 Å². The molecule has 4 aromatic heterocycles. The first-order chi connectivity index (χ1) is 21.8. The van der Waals surface area contributed by atoms with Crippen LogP contribution in [0.5, 0.6) is 0 Å². The van der Waals surface area contributed by atoms with Crippen LogP contribution in [0.1, 0.15) is 0 Å². The second-order valence-electron chi connectivity index (χ2n) is 11.2. The van der Waals surface area contributed by atoms with Gasteiger partial charge in [0.1, 0.15) is 0 Å². The maximum absolute atomic E-state index is 5.46. The molecule has 10 aromatic rings. The zero-order valence-electron chi connectivity index (χ0n) is 23.4. The lowest BCUT2D eigenvalue weighted by atomic mass is 10.0.